The third-order valence-corrected chi connectivity index (χ3v) is 4.07. The van der Waals surface area contributed by atoms with Crippen molar-refractivity contribution in [2.24, 2.45) is 11.3 Å². The van der Waals surface area contributed by atoms with Gasteiger partial charge in [0.05, 0.1) is 5.60 Å². The number of carbonyl (C=O) groups excluding carboxylic acids is 1. The molecule has 1 spiro atoms. The lowest BCUT2D eigenvalue weighted by Gasteiger charge is -2.28. The Bertz CT molecular complexity index is 266. The van der Waals surface area contributed by atoms with Crippen molar-refractivity contribution >= 4 is 5.91 Å². The fourth-order valence-corrected chi connectivity index (χ4v) is 2.62. The summed E-state index contributed by atoms with van der Waals surface area (Å²) in [6.45, 7) is 3.79. The van der Waals surface area contributed by atoms with Crippen molar-refractivity contribution in [1.82, 2.24) is 5.32 Å². The lowest BCUT2D eigenvalue weighted by Crippen LogP contribution is -2.41. The smallest absolute Gasteiger partial charge is 0.223 e. The fraction of sp³-hybridized carbons (Fsp3) is 0.923. The normalized spacial score (nSPS) is 24.4. The first-order valence-corrected chi connectivity index (χ1v) is 6.40. The summed E-state index contributed by atoms with van der Waals surface area (Å²) in [5.74, 6) is 0.325. The van der Waals surface area contributed by atoms with Crippen LogP contribution < -0.4 is 5.32 Å². The maximum atomic E-state index is 11.9. The molecule has 2 saturated carbocycles. The molecule has 3 nitrogen and oxygen atoms in total. The van der Waals surface area contributed by atoms with Crippen LogP contribution in [0.25, 0.3) is 0 Å². The molecule has 0 bridgehead atoms. The van der Waals surface area contributed by atoms with Gasteiger partial charge in [0, 0.05) is 12.5 Å². The minimum Gasteiger partial charge on any atom is -0.389 e. The Labute approximate surface area is 97.6 Å². The van der Waals surface area contributed by atoms with E-state index in [0.29, 0.717) is 12.0 Å². The average molecular weight is 225 g/mol. The maximum absolute atomic E-state index is 11.9. The largest absolute Gasteiger partial charge is 0.389 e. The minimum absolute atomic E-state index is 0.137. The van der Waals surface area contributed by atoms with Crippen molar-refractivity contribution < 1.29 is 9.90 Å². The molecular formula is C13H23NO2. The SMILES string of the molecule is CC(C)(O)CNC(=O)C1CCC2(CC1)CC2. The molecule has 0 aromatic rings. The van der Waals surface area contributed by atoms with Crippen LogP contribution in [0.3, 0.4) is 0 Å². The maximum Gasteiger partial charge on any atom is 0.223 e. The second kappa shape index (κ2) is 4.02. The predicted octanol–water partition coefficient (Wildman–Crippen LogP) is 1.84. The molecule has 92 valence electrons. The van der Waals surface area contributed by atoms with Crippen LogP contribution >= 0.6 is 0 Å². The summed E-state index contributed by atoms with van der Waals surface area (Å²) in [6.07, 6.45) is 7.30. The molecule has 2 N–H and O–H groups in total. The topological polar surface area (TPSA) is 49.3 Å². The van der Waals surface area contributed by atoms with Gasteiger partial charge >= 0.3 is 0 Å². The Balaban J connectivity index is 1.73. The zero-order chi connectivity index (χ0) is 11.8. The molecule has 0 atom stereocenters. The second-order valence-corrected chi connectivity index (χ2v) is 6.30. The van der Waals surface area contributed by atoms with E-state index in [4.69, 9.17) is 0 Å². The van der Waals surface area contributed by atoms with E-state index >= 15 is 0 Å². The van der Waals surface area contributed by atoms with Gasteiger partial charge in [-0.1, -0.05) is 0 Å². The summed E-state index contributed by atoms with van der Waals surface area (Å²) in [4.78, 5) is 11.9. The molecule has 2 aliphatic carbocycles. The van der Waals surface area contributed by atoms with Gasteiger partial charge in [-0.3, -0.25) is 4.79 Å². The standard InChI is InChI=1S/C13H23NO2/c1-12(2,16)9-14-11(15)10-3-5-13(6-4-10)7-8-13/h10,16H,3-9H2,1-2H3,(H,14,15). The van der Waals surface area contributed by atoms with Gasteiger partial charge in [-0.25, -0.2) is 0 Å². The summed E-state index contributed by atoms with van der Waals surface area (Å²) in [5.41, 5.74) is -0.158. The van der Waals surface area contributed by atoms with Gasteiger partial charge in [-0.15, -0.1) is 0 Å². The van der Waals surface area contributed by atoms with Crippen LogP contribution in [0.2, 0.25) is 0 Å². The molecule has 3 heteroatoms. The Morgan fingerprint density at radius 1 is 1.31 bits per heavy atom. The molecule has 0 aromatic carbocycles. The first-order valence-electron chi connectivity index (χ1n) is 6.40. The average Bonchev–Trinajstić information content (AvgIpc) is 2.95. The van der Waals surface area contributed by atoms with E-state index in [1.165, 1.54) is 25.7 Å². The van der Waals surface area contributed by atoms with E-state index in [1.807, 2.05) is 0 Å². The monoisotopic (exact) mass is 225 g/mol. The third kappa shape index (κ3) is 2.97. The van der Waals surface area contributed by atoms with Crippen LogP contribution in [0.1, 0.15) is 52.4 Å². The zero-order valence-corrected chi connectivity index (χ0v) is 10.4. The molecule has 2 rings (SSSR count). The predicted molar refractivity (Wildman–Crippen MR) is 62.9 cm³/mol. The van der Waals surface area contributed by atoms with Gasteiger partial charge in [0.1, 0.15) is 0 Å². The lowest BCUT2D eigenvalue weighted by molar-refractivity contribution is -0.127. The molecule has 1 amide bonds. The Morgan fingerprint density at radius 3 is 2.31 bits per heavy atom. The highest BCUT2D eigenvalue weighted by molar-refractivity contribution is 5.78. The first kappa shape index (κ1) is 11.9. The molecule has 0 aliphatic heterocycles. The number of carbonyl (C=O) groups is 1. The molecule has 2 aliphatic rings. The Morgan fingerprint density at radius 2 is 1.88 bits per heavy atom. The van der Waals surface area contributed by atoms with Crippen molar-refractivity contribution in [2.45, 2.75) is 58.0 Å². The minimum atomic E-state index is -0.804. The Kier molecular flexibility index (Phi) is 2.99. The van der Waals surface area contributed by atoms with Crippen LogP contribution in [0.4, 0.5) is 0 Å². The summed E-state index contributed by atoms with van der Waals surface area (Å²) in [7, 11) is 0. The number of aliphatic hydroxyl groups is 1. The first-order chi connectivity index (χ1) is 7.40. The van der Waals surface area contributed by atoms with Crippen LogP contribution in [0.15, 0.2) is 0 Å². The van der Waals surface area contributed by atoms with E-state index in [0.717, 1.165) is 12.8 Å². The van der Waals surface area contributed by atoms with Crippen LogP contribution in [0, 0.1) is 11.3 Å². The number of amides is 1. The van der Waals surface area contributed by atoms with Crippen LogP contribution in [0.5, 0.6) is 0 Å². The molecule has 0 heterocycles. The number of hydrogen-bond acceptors (Lipinski definition) is 2. The van der Waals surface area contributed by atoms with Gasteiger partial charge < -0.3 is 10.4 Å². The summed E-state index contributed by atoms with van der Waals surface area (Å²) >= 11 is 0. The highest BCUT2D eigenvalue weighted by atomic mass is 16.3. The zero-order valence-electron chi connectivity index (χ0n) is 10.4. The van der Waals surface area contributed by atoms with Crippen molar-refractivity contribution in [3.05, 3.63) is 0 Å². The van der Waals surface area contributed by atoms with Crippen molar-refractivity contribution in [2.75, 3.05) is 6.54 Å². The van der Waals surface area contributed by atoms with Crippen LogP contribution in [-0.2, 0) is 4.79 Å². The Hall–Kier alpha value is -0.570. The summed E-state index contributed by atoms with van der Waals surface area (Å²) < 4.78 is 0. The van der Waals surface area contributed by atoms with E-state index in [1.54, 1.807) is 13.8 Å². The van der Waals surface area contributed by atoms with Crippen LogP contribution in [-0.4, -0.2) is 23.2 Å². The molecule has 2 fully saturated rings. The highest BCUT2D eigenvalue weighted by Crippen LogP contribution is 2.57. The van der Waals surface area contributed by atoms with E-state index < -0.39 is 5.60 Å². The van der Waals surface area contributed by atoms with E-state index in [9.17, 15) is 9.90 Å². The number of hydrogen-bond donors (Lipinski definition) is 2. The van der Waals surface area contributed by atoms with Crippen molar-refractivity contribution in [1.29, 1.82) is 0 Å². The van der Waals surface area contributed by atoms with Gasteiger partial charge in [0.15, 0.2) is 0 Å². The summed E-state index contributed by atoms with van der Waals surface area (Å²) in [6, 6.07) is 0. The molecule has 0 saturated heterocycles. The number of nitrogens with one attached hydrogen (secondary N) is 1. The van der Waals surface area contributed by atoms with Gasteiger partial charge in [0.2, 0.25) is 5.91 Å². The van der Waals surface area contributed by atoms with E-state index in [-0.39, 0.29) is 11.8 Å². The lowest BCUT2D eigenvalue weighted by atomic mass is 9.79. The number of rotatable bonds is 3. The molecular weight excluding hydrogens is 202 g/mol. The van der Waals surface area contributed by atoms with Crippen molar-refractivity contribution in [3.8, 4) is 0 Å². The summed E-state index contributed by atoms with van der Waals surface area (Å²) in [5, 5.41) is 12.4. The van der Waals surface area contributed by atoms with Gasteiger partial charge in [-0.05, 0) is 57.8 Å². The second-order valence-electron chi connectivity index (χ2n) is 6.30. The molecule has 16 heavy (non-hydrogen) atoms. The third-order valence-electron chi connectivity index (χ3n) is 4.07. The van der Waals surface area contributed by atoms with Gasteiger partial charge in [0.25, 0.3) is 0 Å². The highest BCUT2D eigenvalue weighted by Gasteiger charge is 2.45. The fourth-order valence-electron chi connectivity index (χ4n) is 2.62. The molecule has 0 radical (unpaired) electrons. The van der Waals surface area contributed by atoms with Crippen molar-refractivity contribution in [3.63, 3.8) is 0 Å². The van der Waals surface area contributed by atoms with Gasteiger partial charge in [-0.2, -0.15) is 0 Å². The van der Waals surface area contributed by atoms with E-state index in [2.05, 4.69) is 5.32 Å². The quantitative estimate of drug-likeness (QED) is 0.770. The molecule has 0 unspecified atom stereocenters. The molecule has 0 aromatic heterocycles.